The maximum atomic E-state index is 8.24. The molecule has 0 saturated heterocycles. The summed E-state index contributed by atoms with van der Waals surface area (Å²) in [5.74, 6) is 0. The minimum atomic E-state index is 0. The summed E-state index contributed by atoms with van der Waals surface area (Å²) in [5.41, 5.74) is 15.0. The molecule has 1 aliphatic rings. The van der Waals surface area contributed by atoms with Gasteiger partial charge in [0.2, 0.25) is 0 Å². The number of rotatable bonds is 0. The van der Waals surface area contributed by atoms with Gasteiger partial charge in [-0.25, -0.2) is 0 Å². The molecule has 1 aliphatic carbocycles. The molecule has 0 amide bonds. The van der Waals surface area contributed by atoms with E-state index in [0.29, 0.717) is 12.1 Å². The molecule has 0 spiro atoms. The number of nitrogens with zero attached hydrogens (tertiary/aromatic N) is 2. The minimum Gasteiger partial charge on any atom is -1.00 e. The number of hydrogen-bond donors (Lipinski definition) is 1. The van der Waals surface area contributed by atoms with Gasteiger partial charge in [0.1, 0.15) is 0 Å². The zero-order valence-corrected chi connectivity index (χ0v) is 10.9. The third-order valence-electron chi connectivity index (χ3n) is 1.14. The summed E-state index contributed by atoms with van der Waals surface area (Å²) in [6.07, 6.45) is 5.82. The first-order valence-electron chi connectivity index (χ1n) is 2.67. The van der Waals surface area contributed by atoms with Gasteiger partial charge in [0, 0.05) is 11.8 Å². The standard InChI is InChI=1S/C6H7N3.2ClH.Zn/c7-5-1-3-6(9-8)4-2-5;;;/h1-3H,4,7H2;2*1H;/q;;;+2/p-2. The van der Waals surface area contributed by atoms with Crippen LogP contribution in [0, 0.1) is 0 Å². The summed E-state index contributed by atoms with van der Waals surface area (Å²) < 4.78 is 0. The number of nitrogens with two attached hydrogens (primary N) is 1. The van der Waals surface area contributed by atoms with Crippen molar-refractivity contribution in [3.63, 3.8) is 0 Å². The van der Waals surface area contributed by atoms with Gasteiger partial charge in [0.15, 0.2) is 0 Å². The molecule has 0 saturated carbocycles. The van der Waals surface area contributed by atoms with Crippen LogP contribution in [0.25, 0.3) is 5.53 Å². The average Bonchev–Trinajstić information content (AvgIpc) is 1.90. The van der Waals surface area contributed by atoms with Gasteiger partial charge in [-0.2, -0.15) is 4.79 Å². The SMILES string of the molecule is [Cl-].[Cl-].[N-]=[N+]=C1C=CC(N)=CC1.[Zn+2]. The molecule has 1 rings (SSSR count). The van der Waals surface area contributed by atoms with Crippen molar-refractivity contribution >= 4 is 5.71 Å². The first kappa shape index (κ1) is 17.8. The molecule has 0 heterocycles. The van der Waals surface area contributed by atoms with Gasteiger partial charge in [-0.1, -0.05) is 0 Å². The monoisotopic (exact) mass is 255 g/mol. The summed E-state index contributed by atoms with van der Waals surface area (Å²) in [6, 6.07) is 0. The van der Waals surface area contributed by atoms with E-state index in [9.17, 15) is 0 Å². The van der Waals surface area contributed by atoms with Crippen molar-refractivity contribution < 1.29 is 49.1 Å². The van der Waals surface area contributed by atoms with Gasteiger partial charge in [-0.3, -0.25) is 0 Å². The quantitative estimate of drug-likeness (QED) is 0.263. The predicted octanol–water partition coefficient (Wildman–Crippen LogP) is -5.53. The predicted molar refractivity (Wildman–Crippen MR) is 34.7 cm³/mol. The van der Waals surface area contributed by atoms with Crippen LogP contribution in [0.1, 0.15) is 6.42 Å². The van der Waals surface area contributed by atoms with E-state index < -0.39 is 0 Å². The summed E-state index contributed by atoms with van der Waals surface area (Å²) in [7, 11) is 0. The van der Waals surface area contributed by atoms with Crippen molar-refractivity contribution in [2.75, 3.05) is 0 Å². The number of halogens is 2. The Balaban J connectivity index is -0.000000270. The zero-order chi connectivity index (χ0) is 6.69. The van der Waals surface area contributed by atoms with Crippen molar-refractivity contribution in [1.29, 1.82) is 0 Å². The van der Waals surface area contributed by atoms with Gasteiger partial charge in [-0.05, 0) is 12.2 Å². The van der Waals surface area contributed by atoms with E-state index in [1.807, 2.05) is 0 Å². The Morgan fingerprint density at radius 1 is 1.33 bits per heavy atom. The molecule has 0 atom stereocenters. The molecule has 0 aliphatic heterocycles. The Bertz CT molecular complexity index is 231. The maximum Gasteiger partial charge on any atom is 2.00 e. The Morgan fingerprint density at radius 3 is 2.25 bits per heavy atom. The normalized spacial score (nSPS) is 12.7. The van der Waals surface area contributed by atoms with Crippen molar-refractivity contribution in [3.05, 3.63) is 29.5 Å². The summed E-state index contributed by atoms with van der Waals surface area (Å²) in [4.78, 5) is 3.01. The second kappa shape index (κ2) is 8.96. The molecule has 3 nitrogen and oxygen atoms in total. The first-order chi connectivity index (χ1) is 4.33. The van der Waals surface area contributed by atoms with Gasteiger partial charge >= 0.3 is 19.5 Å². The van der Waals surface area contributed by atoms with Crippen LogP contribution in [0.2, 0.25) is 0 Å². The maximum absolute atomic E-state index is 8.24. The summed E-state index contributed by atoms with van der Waals surface area (Å²) in [5, 5.41) is 0. The first-order valence-corrected chi connectivity index (χ1v) is 2.67. The number of allylic oxidation sites excluding steroid dienone is 3. The molecule has 0 fully saturated rings. The Morgan fingerprint density at radius 2 is 1.92 bits per heavy atom. The van der Waals surface area contributed by atoms with Crippen molar-refractivity contribution in [2.45, 2.75) is 6.42 Å². The Labute approximate surface area is 96.3 Å². The molecule has 62 valence electrons. The van der Waals surface area contributed by atoms with Crippen molar-refractivity contribution in [1.82, 2.24) is 0 Å². The number of hydrogen-bond acceptors (Lipinski definition) is 1. The fraction of sp³-hybridized carbons (Fsp3) is 0.167. The topological polar surface area (TPSA) is 62.4 Å². The molecule has 0 aromatic heterocycles. The average molecular weight is 257 g/mol. The molecular formula is C6H7Cl2N3Zn. The van der Waals surface area contributed by atoms with Crippen LogP contribution in [-0.2, 0) is 19.5 Å². The fourth-order valence-electron chi connectivity index (χ4n) is 0.625. The van der Waals surface area contributed by atoms with E-state index in [1.165, 1.54) is 0 Å². The van der Waals surface area contributed by atoms with Gasteiger partial charge in [-0.15, -0.1) is 0 Å². The molecular weight excluding hydrogens is 250 g/mol. The third-order valence-corrected chi connectivity index (χ3v) is 1.14. The van der Waals surface area contributed by atoms with Crippen LogP contribution >= 0.6 is 0 Å². The molecule has 2 N–H and O–H groups in total. The molecule has 0 aromatic rings. The Kier molecular flexibility index (Phi) is 13.3. The molecule has 12 heavy (non-hydrogen) atoms. The largest absolute Gasteiger partial charge is 2.00 e. The fourth-order valence-corrected chi connectivity index (χ4v) is 0.625. The van der Waals surface area contributed by atoms with Crippen molar-refractivity contribution in [3.8, 4) is 0 Å². The van der Waals surface area contributed by atoms with Gasteiger partial charge in [0.05, 0.1) is 6.42 Å². The zero-order valence-electron chi connectivity index (χ0n) is 6.37. The summed E-state index contributed by atoms with van der Waals surface area (Å²) in [6.45, 7) is 0. The van der Waals surface area contributed by atoms with E-state index in [0.717, 1.165) is 5.70 Å². The molecule has 6 heteroatoms. The van der Waals surface area contributed by atoms with Crippen LogP contribution < -0.4 is 30.5 Å². The van der Waals surface area contributed by atoms with E-state index in [2.05, 4.69) is 4.79 Å². The molecule has 0 aromatic carbocycles. The van der Waals surface area contributed by atoms with Gasteiger partial charge < -0.3 is 36.1 Å². The van der Waals surface area contributed by atoms with E-state index in [-0.39, 0.29) is 44.3 Å². The molecule has 0 unspecified atom stereocenters. The smallest absolute Gasteiger partial charge is 1.00 e. The van der Waals surface area contributed by atoms with E-state index >= 15 is 0 Å². The molecule has 0 radical (unpaired) electrons. The Hall–Kier alpha value is -0.137. The van der Waals surface area contributed by atoms with Crippen molar-refractivity contribution in [2.24, 2.45) is 5.73 Å². The van der Waals surface area contributed by atoms with E-state index in [4.69, 9.17) is 11.3 Å². The van der Waals surface area contributed by atoms with E-state index in [1.54, 1.807) is 18.2 Å². The van der Waals surface area contributed by atoms with Crippen LogP contribution in [0.4, 0.5) is 0 Å². The minimum absolute atomic E-state index is 0. The second-order valence-corrected chi connectivity index (χ2v) is 1.83. The van der Waals surface area contributed by atoms with Crippen LogP contribution in [0.3, 0.4) is 0 Å². The molecule has 0 bridgehead atoms. The van der Waals surface area contributed by atoms with Crippen LogP contribution in [-0.4, -0.2) is 10.5 Å². The third kappa shape index (κ3) is 5.51. The van der Waals surface area contributed by atoms with Crippen LogP contribution in [0.15, 0.2) is 23.9 Å². The van der Waals surface area contributed by atoms with Crippen LogP contribution in [0.5, 0.6) is 0 Å². The van der Waals surface area contributed by atoms with Gasteiger partial charge in [0.25, 0.3) is 5.71 Å². The second-order valence-electron chi connectivity index (χ2n) is 1.83. The summed E-state index contributed by atoms with van der Waals surface area (Å²) >= 11 is 0.